The lowest BCUT2D eigenvalue weighted by Crippen LogP contribution is -2.48. The number of rotatable bonds is 5. The Kier molecular flexibility index (Phi) is 5.86. The summed E-state index contributed by atoms with van der Waals surface area (Å²) in [6, 6.07) is 14.8. The van der Waals surface area contributed by atoms with Gasteiger partial charge in [0.05, 0.1) is 11.5 Å². The van der Waals surface area contributed by atoms with Crippen molar-refractivity contribution in [2.24, 2.45) is 4.99 Å². The highest BCUT2D eigenvalue weighted by molar-refractivity contribution is 7.14. The normalized spacial score (nSPS) is 15.6. The summed E-state index contributed by atoms with van der Waals surface area (Å²) in [5.41, 5.74) is 1.05. The maximum absolute atomic E-state index is 4.38. The molecule has 0 amide bonds. The average molecular weight is 396 g/mol. The van der Waals surface area contributed by atoms with Crippen molar-refractivity contribution >= 4 is 22.3 Å². The van der Waals surface area contributed by atoms with Gasteiger partial charge in [0.1, 0.15) is 6.33 Å². The Morgan fingerprint density at radius 2 is 2.00 bits per heavy atom. The van der Waals surface area contributed by atoms with Crippen molar-refractivity contribution in [3.8, 4) is 5.69 Å². The molecule has 0 atom stereocenters. The van der Waals surface area contributed by atoms with Crippen LogP contribution in [-0.4, -0.2) is 46.9 Å². The van der Waals surface area contributed by atoms with Crippen molar-refractivity contribution in [2.75, 3.05) is 25.0 Å². The number of guanidine groups is 1. The molecule has 1 aromatic carbocycles. The number of aromatic nitrogens is 3. The maximum Gasteiger partial charge on any atom is 0.191 e. The van der Waals surface area contributed by atoms with Crippen LogP contribution >= 0.6 is 11.3 Å². The molecule has 0 radical (unpaired) electrons. The van der Waals surface area contributed by atoms with Crippen LogP contribution in [-0.2, 0) is 6.54 Å². The number of nitrogens with one attached hydrogen (secondary N) is 2. The largest absolute Gasteiger partial charge is 0.363 e. The molecule has 1 saturated heterocycles. The van der Waals surface area contributed by atoms with E-state index in [4.69, 9.17) is 0 Å². The predicted molar refractivity (Wildman–Crippen MR) is 114 cm³/mol. The molecule has 3 aromatic rings. The molecule has 2 N–H and O–H groups in total. The fourth-order valence-electron chi connectivity index (χ4n) is 3.43. The van der Waals surface area contributed by atoms with E-state index in [0.717, 1.165) is 43.4 Å². The van der Waals surface area contributed by atoms with E-state index in [1.807, 2.05) is 46.2 Å². The third kappa shape index (κ3) is 4.33. The van der Waals surface area contributed by atoms with E-state index in [2.05, 4.69) is 48.2 Å². The molecule has 0 unspecified atom stereocenters. The number of hydrogen-bond donors (Lipinski definition) is 2. The molecule has 1 aliphatic rings. The molecule has 3 heterocycles. The molecule has 0 bridgehead atoms. The van der Waals surface area contributed by atoms with E-state index in [1.54, 1.807) is 13.4 Å². The minimum Gasteiger partial charge on any atom is -0.363 e. The fourth-order valence-corrected chi connectivity index (χ4v) is 4.21. The molecule has 28 heavy (non-hydrogen) atoms. The van der Waals surface area contributed by atoms with Gasteiger partial charge in [-0.3, -0.25) is 9.56 Å². The van der Waals surface area contributed by atoms with Crippen LogP contribution in [0.15, 0.2) is 59.2 Å². The number of piperidine rings is 1. The number of nitrogens with zero attached hydrogens (tertiary/aromatic N) is 5. The number of hydrogen-bond acceptors (Lipinski definition) is 5. The molecule has 2 aromatic heterocycles. The standard InChI is InChI=1S/C20H25N7S/c1-21-20(24-16-9-11-26(12-10-16)19-8-5-13-28-19)22-14-18-25-23-15-27(18)17-6-3-2-4-7-17/h2-8,13,15-16H,9-12,14H2,1H3,(H2,21,22,24). The zero-order chi connectivity index (χ0) is 19.2. The summed E-state index contributed by atoms with van der Waals surface area (Å²) >= 11 is 1.81. The summed E-state index contributed by atoms with van der Waals surface area (Å²) in [5, 5.41) is 18.7. The highest BCUT2D eigenvalue weighted by Gasteiger charge is 2.20. The summed E-state index contributed by atoms with van der Waals surface area (Å²) < 4.78 is 1.99. The lowest BCUT2D eigenvalue weighted by Gasteiger charge is -2.33. The van der Waals surface area contributed by atoms with Crippen LogP contribution in [0, 0.1) is 0 Å². The number of aliphatic imine (C=N–C) groups is 1. The molecule has 4 rings (SSSR count). The first-order valence-electron chi connectivity index (χ1n) is 9.53. The van der Waals surface area contributed by atoms with Crippen molar-refractivity contribution in [2.45, 2.75) is 25.4 Å². The smallest absolute Gasteiger partial charge is 0.191 e. The zero-order valence-corrected chi connectivity index (χ0v) is 16.8. The molecule has 146 valence electrons. The molecule has 7 nitrogen and oxygen atoms in total. The summed E-state index contributed by atoms with van der Waals surface area (Å²) in [6.07, 6.45) is 3.93. The summed E-state index contributed by atoms with van der Waals surface area (Å²) in [7, 11) is 1.80. The summed E-state index contributed by atoms with van der Waals surface area (Å²) in [4.78, 5) is 6.84. The minimum absolute atomic E-state index is 0.425. The number of thiophene rings is 1. The molecular weight excluding hydrogens is 370 g/mol. The van der Waals surface area contributed by atoms with Crippen LogP contribution in [0.3, 0.4) is 0 Å². The van der Waals surface area contributed by atoms with Gasteiger partial charge in [-0.2, -0.15) is 0 Å². The minimum atomic E-state index is 0.425. The van der Waals surface area contributed by atoms with Crippen LogP contribution in [0.5, 0.6) is 0 Å². The van der Waals surface area contributed by atoms with Gasteiger partial charge in [-0.1, -0.05) is 18.2 Å². The first kappa shape index (κ1) is 18.5. The summed E-state index contributed by atoms with van der Waals surface area (Å²) in [6.45, 7) is 2.69. The molecular formula is C20H25N7S. The third-order valence-electron chi connectivity index (χ3n) is 4.94. The zero-order valence-electron chi connectivity index (χ0n) is 16.0. The second-order valence-corrected chi connectivity index (χ2v) is 7.66. The highest BCUT2D eigenvalue weighted by Crippen LogP contribution is 2.24. The quantitative estimate of drug-likeness (QED) is 0.513. The van der Waals surface area contributed by atoms with E-state index in [9.17, 15) is 0 Å². The first-order chi connectivity index (χ1) is 13.8. The van der Waals surface area contributed by atoms with E-state index < -0.39 is 0 Å². The molecule has 1 fully saturated rings. The Labute approximate surface area is 169 Å². The number of benzene rings is 1. The van der Waals surface area contributed by atoms with Crippen LogP contribution in [0.25, 0.3) is 5.69 Å². The molecule has 0 aliphatic carbocycles. The Bertz CT molecular complexity index is 880. The van der Waals surface area contributed by atoms with Gasteiger partial charge in [0, 0.05) is 31.9 Å². The monoisotopic (exact) mass is 395 g/mol. The van der Waals surface area contributed by atoms with Crippen molar-refractivity contribution in [3.63, 3.8) is 0 Å². The van der Waals surface area contributed by atoms with Gasteiger partial charge >= 0.3 is 0 Å². The maximum atomic E-state index is 4.38. The Morgan fingerprint density at radius 1 is 1.18 bits per heavy atom. The Morgan fingerprint density at radius 3 is 2.71 bits per heavy atom. The van der Waals surface area contributed by atoms with Crippen molar-refractivity contribution in [1.82, 2.24) is 25.4 Å². The molecule has 0 spiro atoms. The van der Waals surface area contributed by atoms with Crippen molar-refractivity contribution in [3.05, 3.63) is 60.0 Å². The van der Waals surface area contributed by atoms with Crippen molar-refractivity contribution < 1.29 is 0 Å². The topological polar surface area (TPSA) is 70.4 Å². The highest BCUT2D eigenvalue weighted by atomic mass is 32.1. The lowest BCUT2D eigenvalue weighted by molar-refractivity contribution is 0.462. The Balaban J connectivity index is 1.30. The van der Waals surface area contributed by atoms with Gasteiger partial charge in [-0.25, -0.2) is 0 Å². The van der Waals surface area contributed by atoms with Gasteiger partial charge in [0.2, 0.25) is 0 Å². The van der Waals surface area contributed by atoms with Gasteiger partial charge in [-0.05, 0) is 42.5 Å². The second-order valence-electron chi connectivity index (χ2n) is 6.74. The van der Waals surface area contributed by atoms with Gasteiger partial charge < -0.3 is 15.5 Å². The van der Waals surface area contributed by atoms with Crippen molar-refractivity contribution in [1.29, 1.82) is 0 Å². The number of para-hydroxylation sites is 1. The fraction of sp³-hybridized carbons (Fsp3) is 0.350. The van der Waals surface area contributed by atoms with E-state index in [0.29, 0.717) is 12.6 Å². The Hall–Kier alpha value is -2.87. The van der Waals surface area contributed by atoms with Gasteiger partial charge in [0.25, 0.3) is 0 Å². The summed E-state index contributed by atoms with van der Waals surface area (Å²) in [5.74, 6) is 1.65. The van der Waals surface area contributed by atoms with Gasteiger partial charge in [-0.15, -0.1) is 21.5 Å². The van der Waals surface area contributed by atoms with Crippen LogP contribution < -0.4 is 15.5 Å². The van der Waals surface area contributed by atoms with E-state index >= 15 is 0 Å². The molecule has 8 heteroatoms. The predicted octanol–water partition coefficient (Wildman–Crippen LogP) is 2.66. The van der Waals surface area contributed by atoms with Crippen LogP contribution in [0.4, 0.5) is 5.00 Å². The third-order valence-corrected chi connectivity index (χ3v) is 5.87. The SMILES string of the molecule is CN=C(NCc1nncn1-c1ccccc1)NC1CCN(c2cccs2)CC1. The van der Waals surface area contributed by atoms with E-state index in [1.165, 1.54) is 5.00 Å². The van der Waals surface area contributed by atoms with Crippen LogP contribution in [0.1, 0.15) is 18.7 Å². The molecule has 1 aliphatic heterocycles. The second kappa shape index (κ2) is 8.88. The van der Waals surface area contributed by atoms with Gasteiger partial charge in [0.15, 0.2) is 11.8 Å². The van der Waals surface area contributed by atoms with E-state index in [-0.39, 0.29) is 0 Å². The van der Waals surface area contributed by atoms with Crippen LogP contribution in [0.2, 0.25) is 0 Å². The average Bonchev–Trinajstić information content (AvgIpc) is 3.44. The number of anilines is 1. The first-order valence-corrected chi connectivity index (χ1v) is 10.4. The molecule has 0 saturated carbocycles. The lowest BCUT2D eigenvalue weighted by atomic mass is 10.1.